The number of benzene rings is 8. The lowest BCUT2D eigenvalue weighted by molar-refractivity contribution is 1.05. The number of nitrogens with zero attached hydrogens (tertiary/aromatic N) is 3. The molecule has 9 aromatic rings. The summed E-state index contributed by atoms with van der Waals surface area (Å²) in [5.41, 5.74) is 15.7. The summed E-state index contributed by atoms with van der Waals surface area (Å²) < 4.78 is 2.41. The third-order valence-corrected chi connectivity index (χ3v) is 11.8. The molecule has 1 aliphatic heterocycles. The number of aliphatic imine (C=N–C) groups is 1. The smallest absolute Gasteiger partial charge is 0.0952 e. The molecule has 0 fully saturated rings. The zero-order valence-corrected chi connectivity index (χ0v) is 31.3. The molecule has 0 atom stereocenters. The van der Waals surface area contributed by atoms with Crippen LogP contribution in [0.5, 0.6) is 0 Å². The summed E-state index contributed by atoms with van der Waals surface area (Å²) in [6, 6.07) is 60.0. The van der Waals surface area contributed by atoms with Crippen LogP contribution < -0.4 is 4.90 Å². The van der Waals surface area contributed by atoms with E-state index in [-0.39, 0.29) is 0 Å². The van der Waals surface area contributed by atoms with E-state index in [2.05, 4.69) is 199 Å². The third kappa shape index (κ3) is 5.31. The lowest BCUT2D eigenvalue weighted by Crippen LogP contribution is -2.29. The lowest BCUT2D eigenvalue weighted by atomic mass is 9.95. The van der Waals surface area contributed by atoms with Crippen LogP contribution in [0.4, 0.5) is 11.4 Å². The molecule has 266 valence electrons. The largest absolute Gasteiger partial charge is 0.366 e. The van der Waals surface area contributed by atoms with Crippen LogP contribution in [0.25, 0.3) is 76.9 Å². The van der Waals surface area contributed by atoms with Crippen LogP contribution in [-0.2, 0) is 0 Å². The molecule has 0 bridgehead atoms. The molecule has 0 N–H and O–H groups in total. The highest BCUT2D eigenvalue weighted by Gasteiger charge is 2.23. The van der Waals surface area contributed by atoms with Crippen LogP contribution in [0, 0.1) is 0 Å². The zero-order valence-electron chi connectivity index (χ0n) is 31.3. The van der Waals surface area contributed by atoms with Gasteiger partial charge in [0.2, 0.25) is 0 Å². The Hall–Kier alpha value is -6.97. The third-order valence-electron chi connectivity index (χ3n) is 11.8. The summed E-state index contributed by atoms with van der Waals surface area (Å²) in [6.07, 6.45) is 8.90. The number of anilines is 1. The van der Waals surface area contributed by atoms with Gasteiger partial charge >= 0.3 is 0 Å². The minimum Gasteiger partial charge on any atom is -0.366 e. The normalized spacial score (nSPS) is 14.1. The van der Waals surface area contributed by atoms with Crippen molar-refractivity contribution in [2.45, 2.75) is 12.8 Å². The van der Waals surface area contributed by atoms with Gasteiger partial charge in [-0.15, -0.1) is 0 Å². The molecular weight excluding hydrogens is 679 g/mol. The maximum Gasteiger partial charge on any atom is 0.0952 e. The predicted molar refractivity (Wildman–Crippen MR) is 239 cm³/mol. The van der Waals surface area contributed by atoms with E-state index in [0.717, 1.165) is 36.3 Å². The number of hydrogen-bond donors (Lipinski definition) is 0. The van der Waals surface area contributed by atoms with Gasteiger partial charge < -0.3 is 9.47 Å². The Balaban J connectivity index is 0.901. The van der Waals surface area contributed by atoms with Gasteiger partial charge in [-0.2, -0.15) is 0 Å². The van der Waals surface area contributed by atoms with Crippen molar-refractivity contribution in [3.63, 3.8) is 0 Å². The Bertz CT molecular complexity index is 3100. The fraction of sp³-hybridized carbons (Fsp3) is 0.0755. The highest BCUT2D eigenvalue weighted by molar-refractivity contribution is 6.23. The van der Waals surface area contributed by atoms with Crippen LogP contribution in [-0.4, -0.2) is 23.9 Å². The number of rotatable bonds is 5. The molecule has 8 aromatic carbocycles. The molecule has 11 rings (SSSR count). The first-order valence-corrected chi connectivity index (χ1v) is 19.6. The molecule has 0 radical (unpaired) electrons. The second kappa shape index (κ2) is 13.1. The van der Waals surface area contributed by atoms with Crippen molar-refractivity contribution < 1.29 is 0 Å². The van der Waals surface area contributed by atoms with Gasteiger partial charge in [0.1, 0.15) is 0 Å². The molecule has 0 saturated carbocycles. The summed E-state index contributed by atoms with van der Waals surface area (Å²) >= 11 is 0. The Morgan fingerprint density at radius 3 is 1.82 bits per heavy atom. The maximum absolute atomic E-state index is 5.35. The summed E-state index contributed by atoms with van der Waals surface area (Å²) in [5, 5.41) is 7.55. The first-order chi connectivity index (χ1) is 27.7. The van der Waals surface area contributed by atoms with E-state index in [1.165, 1.54) is 88.1 Å². The van der Waals surface area contributed by atoms with E-state index >= 15 is 0 Å². The van der Waals surface area contributed by atoms with Crippen LogP contribution in [0.1, 0.15) is 24.0 Å². The van der Waals surface area contributed by atoms with Crippen molar-refractivity contribution >= 4 is 66.0 Å². The first kappa shape index (κ1) is 32.5. The number of allylic oxidation sites excluding steroid dienone is 4. The Morgan fingerprint density at radius 2 is 1.09 bits per heavy atom. The van der Waals surface area contributed by atoms with E-state index in [1.807, 2.05) is 0 Å². The number of para-hydroxylation sites is 1. The number of aromatic nitrogens is 1. The van der Waals surface area contributed by atoms with Gasteiger partial charge in [0.15, 0.2) is 0 Å². The average Bonchev–Trinajstić information content (AvgIpc) is 3.60. The summed E-state index contributed by atoms with van der Waals surface area (Å²) in [4.78, 5) is 7.71. The average molecular weight is 718 g/mol. The van der Waals surface area contributed by atoms with Crippen molar-refractivity contribution in [3.05, 3.63) is 193 Å². The van der Waals surface area contributed by atoms with E-state index in [4.69, 9.17) is 4.99 Å². The predicted octanol–water partition coefficient (Wildman–Crippen LogP) is 13.7. The van der Waals surface area contributed by atoms with Gasteiger partial charge in [0, 0.05) is 34.3 Å². The molecule has 0 spiro atoms. The van der Waals surface area contributed by atoms with Crippen molar-refractivity contribution in [2.24, 2.45) is 4.99 Å². The van der Waals surface area contributed by atoms with Crippen molar-refractivity contribution in [1.82, 2.24) is 4.57 Å². The molecule has 0 amide bonds. The second-order valence-electron chi connectivity index (χ2n) is 15.2. The maximum atomic E-state index is 5.35. The van der Waals surface area contributed by atoms with Crippen molar-refractivity contribution in [3.8, 4) is 27.9 Å². The van der Waals surface area contributed by atoms with Gasteiger partial charge in [-0.05, 0) is 99.0 Å². The second-order valence-corrected chi connectivity index (χ2v) is 15.2. The van der Waals surface area contributed by atoms with E-state index in [9.17, 15) is 0 Å². The topological polar surface area (TPSA) is 20.5 Å². The van der Waals surface area contributed by atoms with Crippen molar-refractivity contribution in [1.29, 1.82) is 0 Å². The SMILES string of the molecule is CN1CC(c2ccc(-c3cccc(-c4ccc(-n5c6ccccc6c6cc(C7=CC=CCC7)ccc65)cc4)c3)cc2)=Nc2c1c1ccccc1c1ccccc21. The highest BCUT2D eigenvalue weighted by atomic mass is 15.1. The van der Waals surface area contributed by atoms with Gasteiger partial charge in [0.25, 0.3) is 0 Å². The van der Waals surface area contributed by atoms with Gasteiger partial charge in [0.05, 0.1) is 34.7 Å². The summed E-state index contributed by atoms with van der Waals surface area (Å²) in [5.74, 6) is 0. The monoisotopic (exact) mass is 717 g/mol. The fourth-order valence-electron chi connectivity index (χ4n) is 9.06. The standard InChI is InChI=1S/C53H39N3/c1-55-34-49(54-52-46-19-7-5-16-43(46)44-17-6-8-20-47(44)53(52)55)38-24-22-36(23-25-38)39-14-11-15-40(32-39)37-26-29-42(30-27-37)56-50-21-10-9-18-45(50)48-33-41(28-31-51(48)56)35-12-3-2-4-13-35/h2-3,5-12,14-33H,4,13,34H2,1H3. The van der Waals surface area contributed by atoms with Crippen LogP contribution >= 0.6 is 0 Å². The quantitative estimate of drug-likeness (QED) is 0.162. The van der Waals surface area contributed by atoms with Gasteiger partial charge in [-0.25, -0.2) is 4.99 Å². The Labute approximate surface area is 326 Å². The van der Waals surface area contributed by atoms with Crippen LogP contribution in [0.15, 0.2) is 187 Å². The lowest BCUT2D eigenvalue weighted by Gasteiger charge is -2.29. The molecule has 3 nitrogen and oxygen atoms in total. The fourth-order valence-corrected chi connectivity index (χ4v) is 9.06. The zero-order chi connectivity index (χ0) is 37.2. The molecular formula is C53H39N3. The molecule has 0 unspecified atom stereocenters. The summed E-state index contributed by atoms with van der Waals surface area (Å²) in [6.45, 7) is 0.756. The minimum absolute atomic E-state index is 0.756. The van der Waals surface area contributed by atoms with Gasteiger partial charge in [-0.1, -0.05) is 146 Å². The number of hydrogen-bond acceptors (Lipinski definition) is 2. The summed E-state index contributed by atoms with van der Waals surface area (Å²) in [7, 11) is 2.19. The minimum atomic E-state index is 0.756. The van der Waals surface area contributed by atoms with E-state index < -0.39 is 0 Å². The molecule has 2 aliphatic rings. The molecule has 1 aromatic heterocycles. The Kier molecular flexibility index (Phi) is 7.60. The molecule has 56 heavy (non-hydrogen) atoms. The number of likely N-dealkylation sites (N-methyl/N-ethyl adjacent to an activating group) is 1. The van der Waals surface area contributed by atoms with E-state index in [1.54, 1.807) is 0 Å². The van der Waals surface area contributed by atoms with Gasteiger partial charge in [-0.3, -0.25) is 0 Å². The van der Waals surface area contributed by atoms with Crippen LogP contribution in [0.2, 0.25) is 0 Å². The Morgan fingerprint density at radius 1 is 0.482 bits per heavy atom. The molecule has 3 heteroatoms. The van der Waals surface area contributed by atoms with Crippen molar-refractivity contribution in [2.75, 3.05) is 18.5 Å². The molecule has 2 heterocycles. The highest BCUT2D eigenvalue weighted by Crippen LogP contribution is 2.46. The molecule has 1 aliphatic carbocycles. The van der Waals surface area contributed by atoms with E-state index in [0.29, 0.717) is 0 Å². The number of fused-ring (bicyclic) bond motifs is 9. The first-order valence-electron chi connectivity index (χ1n) is 19.6. The molecule has 0 saturated heterocycles. The van der Waals surface area contributed by atoms with Crippen LogP contribution in [0.3, 0.4) is 0 Å².